The third-order valence-corrected chi connectivity index (χ3v) is 4.11. The normalized spacial score (nSPS) is 10.9. The highest BCUT2D eigenvalue weighted by Crippen LogP contribution is 2.29. The van der Waals surface area contributed by atoms with Gasteiger partial charge < -0.3 is 5.32 Å². The average molecular weight is 350 g/mol. The number of hydrogen-bond acceptors (Lipinski definition) is 3. The summed E-state index contributed by atoms with van der Waals surface area (Å²) in [5.74, 6) is 0.333. The van der Waals surface area contributed by atoms with Crippen LogP contribution in [0.4, 0.5) is 18.9 Å². The van der Waals surface area contributed by atoms with E-state index in [1.807, 2.05) is 12.1 Å². The van der Waals surface area contributed by atoms with Crippen molar-refractivity contribution in [1.29, 1.82) is 5.26 Å². The van der Waals surface area contributed by atoms with Crippen molar-refractivity contribution in [3.8, 4) is 6.07 Å². The fourth-order valence-corrected chi connectivity index (χ4v) is 2.78. The molecule has 0 saturated heterocycles. The van der Waals surface area contributed by atoms with Crippen LogP contribution in [0.3, 0.4) is 0 Å². The van der Waals surface area contributed by atoms with Gasteiger partial charge >= 0.3 is 6.18 Å². The van der Waals surface area contributed by atoms with E-state index in [-0.39, 0.29) is 11.7 Å². The summed E-state index contributed by atoms with van der Waals surface area (Å²) >= 11 is 1.33. The van der Waals surface area contributed by atoms with E-state index in [1.54, 1.807) is 12.1 Å². The molecule has 0 unspecified atom stereocenters. The summed E-state index contributed by atoms with van der Waals surface area (Å²) in [6.07, 6.45) is -4.40. The fourth-order valence-electron chi connectivity index (χ4n) is 1.95. The molecule has 1 amide bonds. The number of thioether (sulfide) groups is 1. The Kier molecular flexibility index (Phi) is 5.88. The number of alkyl halides is 3. The van der Waals surface area contributed by atoms with Crippen LogP contribution < -0.4 is 5.32 Å². The van der Waals surface area contributed by atoms with Crippen LogP contribution in [0.2, 0.25) is 0 Å². The molecule has 0 radical (unpaired) electrons. The molecule has 0 heterocycles. The molecule has 0 aromatic heterocycles. The van der Waals surface area contributed by atoms with Gasteiger partial charge in [0.15, 0.2) is 0 Å². The molecule has 0 saturated carbocycles. The van der Waals surface area contributed by atoms with Crippen LogP contribution in [-0.2, 0) is 16.7 Å². The lowest BCUT2D eigenvalue weighted by molar-refractivity contribution is -0.137. The fraction of sp³-hybridized carbons (Fsp3) is 0.176. The highest BCUT2D eigenvalue weighted by atomic mass is 32.2. The van der Waals surface area contributed by atoms with Gasteiger partial charge in [-0.3, -0.25) is 4.79 Å². The van der Waals surface area contributed by atoms with Gasteiger partial charge in [-0.15, -0.1) is 11.8 Å². The van der Waals surface area contributed by atoms with Crippen LogP contribution in [0.5, 0.6) is 0 Å². The van der Waals surface area contributed by atoms with Gasteiger partial charge in [-0.25, -0.2) is 0 Å². The van der Waals surface area contributed by atoms with Crippen molar-refractivity contribution in [3.63, 3.8) is 0 Å². The number of carbonyl (C=O) groups excluding carboxylic acids is 1. The molecule has 0 bridgehead atoms. The first-order chi connectivity index (χ1) is 11.4. The maximum atomic E-state index is 12.5. The number of hydrogen-bond donors (Lipinski definition) is 1. The highest BCUT2D eigenvalue weighted by molar-refractivity contribution is 7.99. The van der Waals surface area contributed by atoms with E-state index in [0.29, 0.717) is 17.0 Å². The number of nitrogens with zero attached hydrogens (tertiary/aromatic N) is 1. The Balaban J connectivity index is 1.84. The Morgan fingerprint density at radius 1 is 1.12 bits per heavy atom. The van der Waals surface area contributed by atoms with Gasteiger partial charge in [0.2, 0.25) is 5.91 Å². The van der Waals surface area contributed by atoms with Crippen LogP contribution in [0.1, 0.15) is 16.7 Å². The Morgan fingerprint density at radius 2 is 1.79 bits per heavy atom. The summed E-state index contributed by atoms with van der Waals surface area (Å²) in [6, 6.07) is 13.5. The number of nitriles is 1. The third kappa shape index (κ3) is 5.03. The molecular weight excluding hydrogens is 337 g/mol. The van der Waals surface area contributed by atoms with E-state index < -0.39 is 11.7 Å². The van der Waals surface area contributed by atoms with Crippen molar-refractivity contribution in [1.82, 2.24) is 0 Å². The Morgan fingerprint density at radius 3 is 2.42 bits per heavy atom. The van der Waals surface area contributed by atoms with Gasteiger partial charge in [-0.1, -0.05) is 18.2 Å². The molecule has 124 valence electrons. The Hall–Kier alpha value is -2.46. The predicted molar refractivity (Wildman–Crippen MR) is 87.4 cm³/mol. The van der Waals surface area contributed by atoms with Gasteiger partial charge in [0.25, 0.3) is 0 Å². The SMILES string of the molecule is N#Cc1ccccc1CSCC(=O)Nc1ccc(C(F)(F)F)cc1. The third-order valence-electron chi connectivity index (χ3n) is 3.12. The summed E-state index contributed by atoms with van der Waals surface area (Å²) in [7, 11) is 0. The predicted octanol–water partition coefficient (Wildman–Crippen LogP) is 4.45. The van der Waals surface area contributed by atoms with Crippen molar-refractivity contribution < 1.29 is 18.0 Å². The van der Waals surface area contributed by atoms with E-state index in [4.69, 9.17) is 5.26 Å². The molecule has 0 aliphatic heterocycles. The maximum absolute atomic E-state index is 12.5. The zero-order valence-electron chi connectivity index (χ0n) is 12.4. The summed E-state index contributed by atoms with van der Waals surface area (Å²) in [5, 5.41) is 11.5. The summed E-state index contributed by atoms with van der Waals surface area (Å²) in [4.78, 5) is 11.8. The molecule has 2 aromatic rings. The lowest BCUT2D eigenvalue weighted by Gasteiger charge is -2.09. The van der Waals surface area contributed by atoms with E-state index in [0.717, 1.165) is 17.7 Å². The number of carbonyl (C=O) groups is 1. The number of halogens is 3. The monoisotopic (exact) mass is 350 g/mol. The summed E-state index contributed by atoms with van der Waals surface area (Å²) in [5.41, 5.74) is 0.953. The van der Waals surface area contributed by atoms with Crippen LogP contribution in [0.25, 0.3) is 0 Å². The number of anilines is 1. The number of rotatable bonds is 5. The standard InChI is InChI=1S/C17H13F3N2OS/c18-17(19,20)14-5-7-15(8-6-14)22-16(23)11-24-10-13-4-2-1-3-12(13)9-21/h1-8H,10-11H2,(H,22,23). The van der Waals surface area contributed by atoms with Crippen molar-refractivity contribution in [2.45, 2.75) is 11.9 Å². The minimum atomic E-state index is -4.40. The van der Waals surface area contributed by atoms with E-state index in [2.05, 4.69) is 11.4 Å². The molecule has 7 heteroatoms. The molecule has 3 nitrogen and oxygen atoms in total. The largest absolute Gasteiger partial charge is 0.416 e. The molecule has 2 rings (SSSR count). The van der Waals surface area contributed by atoms with E-state index >= 15 is 0 Å². The van der Waals surface area contributed by atoms with Crippen LogP contribution in [-0.4, -0.2) is 11.7 Å². The van der Waals surface area contributed by atoms with Crippen LogP contribution >= 0.6 is 11.8 Å². The smallest absolute Gasteiger partial charge is 0.325 e. The Bertz CT molecular complexity index is 752. The van der Waals surface area contributed by atoms with E-state index in [9.17, 15) is 18.0 Å². The molecule has 0 aliphatic carbocycles. The van der Waals surface area contributed by atoms with Crippen LogP contribution in [0, 0.1) is 11.3 Å². The van der Waals surface area contributed by atoms with Crippen molar-refractivity contribution >= 4 is 23.4 Å². The maximum Gasteiger partial charge on any atom is 0.416 e. The molecule has 0 atom stereocenters. The molecule has 1 N–H and O–H groups in total. The van der Waals surface area contributed by atoms with Crippen molar-refractivity contribution in [2.24, 2.45) is 0 Å². The number of nitrogens with one attached hydrogen (secondary N) is 1. The van der Waals surface area contributed by atoms with Crippen molar-refractivity contribution in [3.05, 3.63) is 65.2 Å². The second-order valence-electron chi connectivity index (χ2n) is 4.89. The second-order valence-corrected chi connectivity index (χ2v) is 5.87. The van der Waals surface area contributed by atoms with Gasteiger partial charge in [0.05, 0.1) is 22.9 Å². The molecule has 0 spiro atoms. The number of benzene rings is 2. The molecule has 0 fully saturated rings. The van der Waals surface area contributed by atoms with Gasteiger partial charge in [0, 0.05) is 11.4 Å². The zero-order valence-corrected chi connectivity index (χ0v) is 13.2. The Labute approximate surface area is 141 Å². The average Bonchev–Trinajstić information content (AvgIpc) is 2.55. The summed E-state index contributed by atoms with van der Waals surface area (Å²) in [6.45, 7) is 0. The first-order valence-electron chi connectivity index (χ1n) is 6.93. The quantitative estimate of drug-likeness (QED) is 0.867. The molecule has 2 aromatic carbocycles. The topological polar surface area (TPSA) is 52.9 Å². The van der Waals surface area contributed by atoms with Gasteiger partial charge in [-0.05, 0) is 35.9 Å². The number of amides is 1. The molecular formula is C17H13F3N2OS. The van der Waals surface area contributed by atoms with Gasteiger partial charge in [-0.2, -0.15) is 18.4 Å². The lowest BCUT2D eigenvalue weighted by atomic mass is 10.1. The minimum absolute atomic E-state index is 0.140. The first kappa shape index (κ1) is 17.9. The van der Waals surface area contributed by atoms with Crippen molar-refractivity contribution in [2.75, 3.05) is 11.1 Å². The minimum Gasteiger partial charge on any atom is -0.325 e. The van der Waals surface area contributed by atoms with E-state index in [1.165, 1.54) is 23.9 Å². The first-order valence-corrected chi connectivity index (χ1v) is 8.08. The lowest BCUT2D eigenvalue weighted by Crippen LogP contribution is -2.14. The zero-order chi connectivity index (χ0) is 17.6. The van der Waals surface area contributed by atoms with Gasteiger partial charge in [0.1, 0.15) is 0 Å². The highest BCUT2D eigenvalue weighted by Gasteiger charge is 2.29. The van der Waals surface area contributed by atoms with Crippen LogP contribution in [0.15, 0.2) is 48.5 Å². The second kappa shape index (κ2) is 7.88. The molecule has 0 aliphatic rings. The molecule has 24 heavy (non-hydrogen) atoms. The summed E-state index contributed by atoms with van der Waals surface area (Å²) < 4.78 is 37.4.